The van der Waals surface area contributed by atoms with Crippen molar-refractivity contribution in [1.82, 2.24) is 0 Å². The Kier molecular flexibility index (Phi) is 4.56. The van der Waals surface area contributed by atoms with E-state index in [2.05, 4.69) is 5.16 Å². The van der Waals surface area contributed by atoms with Gasteiger partial charge in [0.1, 0.15) is 6.10 Å². The predicted octanol–water partition coefficient (Wildman–Crippen LogP) is 0.746. The van der Waals surface area contributed by atoms with Crippen LogP contribution in [-0.2, 0) is 9.84 Å². The highest BCUT2D eigenvalue weighted by Crippen LogP contribution is 2.31. The van der Waals surface area contributed by atoms with Crippen LogP contribution in [0.4, 0.5) is 0 Å². The molecule has 1 saturated heterocycles. The van der Waals surface area contributed by atoms with Gasteiger partial charge in [-0.3, -0.25) is 0 Å². The molecule has 1 aromatic carbocycles. The molecule has 0 spiro atoms. The van der Waals surface area contributed by atoms with E-state index >= 15 is 0 Å². The number of benzene rings is 1. The van der Waals surface area contributed by atoms with Gasteiger partial charge in [0.05, 0.1) is 18.1 Å². The number of ether oxygens (including phenoxy) is 2. The van der Waals surface area contributed by atoms with Crippen LogP contribution in [0.1, 0.15) is 18.9 Å². The summed E-state index contributed by atoms with van der Waals surface area (Å²) >= 11 is 0. The Bertz CT molecular complexity index is 642. The molecule has 0 aromatic heterocycles. The summed E-state index contributed by atoms with van der Waals surface area (Å²) in [5.41, 5.74) is 6.03. The van der Waals surface area contributed by atoms with Gasteiger partial charge in [0.2, 0.25) is 0 Å². The SMILES string of the molecule is CCOc1cc(C(N)=NO)ccc1OC1CCS(=O)(=O)C1. The lowest BCUT2D eigenvalue weighted by molar-refractivity contribution is 0.213. The lowest BCUT2D eigenvalue weighted by atomic mass is 10.2. The van der Waals surface area contributed by atoms with Gasteiger partial charge in [0.15, 0.2) is 27.2 Å². The average molecular weight is 314 g/mol. The average Bonchev–Trinajstić information content (AvgIpc) is 2.79. The Hall–Kier alpha value is -1.96. The van der Waals surface area contributed by atoms with E-state index in [-0.39, 0.29) is 23.4 Å². The van der Waals surface area contributed by atoms with Crippen LogP contribution in [0.2, 0.25) is 0 Å². The number of nitrogens with two attached hydrogens (primary N) is 1. The maximum absolute atomic E-state index is 11.5. The third-order valence-electron chi connectivity index (χ3n) is 3.13. The van der Waals surface area contributed by atoms with Crippen LogP contribution in [0.3, 0.4) is 0 Å². The van der Waals surface area contributed by atoms with Gasteiger partial charge >= 0.3 is 0 Å². The number of sulfone groups is 1. The van der Waals surface area contributed by atoms with E-state index in [4.69, 9.17) is 20.4 Å². The molecule has 2 rings (SSSR count). The maximum atomic E-state index is 11.5. The maximum Gasteiger partial charge on any atom is 0.170 e. The van der Waals surface area contributed by atoms with Crippen molar-refractivity contribution < 1.29 is 23.1 Å². The highest BCUT2D eigenvalue weighted by atomic mass is 32.2. The molecule has 1 aliphatic heterocycles. The number of oxime groups is 1. The van der Waals surface area contributed by atoms with Crippen LogP contribution < -0.4 is 15.2 Å². The first-order valence-corrected chi connectivity index (χ1v) is 8.39. The van der Waals surface area contributed by atoms with Gasteiger partial charge in [-0.25, -0.2) is 8.42 Å². The van der Waals surface area contributed by atoms with Gasteiger partial charge in [-0.05, 0) is 31.5 Å². The van der Waals surface area contributed by atoms with Crippen molar-refractivity contribution in [3.63, 3.8) is 0 Å². The van der Waals surface area contributed by atoms with E-state index in [1.807, 2.05) is 6.92 Å². The molecule has 7 nitrogen and oxygen atoms in total. The van der Waals surface area contributed by atoms with E-state index in [1.165, 1.54) is 0 Å². The quantitative estimate of drug-likeness (QED) is 0.359. The molecule has 0 saturated carbocycles. The van der Waals surface area contributed by atoms with Gasteiger partial charge in [0, 0.05) is 5.56 Å². The predicted molar refractivity (Wildman–Crippen MR) is 77.8 cm³/mol. The molecule has 116 valence electrons. The van der Waals surface area contributed by atoms with Crippen molar-refractivity contribution in [1.29, 1.82) is 0 Å². The Morgan fingerprint density at radius 3 is 2.81 bits per heavy atom. The zero-order valence-electron chi connectivity index (χ0n) is 11.7. The Morgan fingerprint density at radius 1 is 1.48 bits per heavy atom. The van der Waals surface area contributed by atoms with E-state index < -0.39 is 9.84 Å². The fraction of sp³-hybridized carbons (Fsp3) is 0.462. The second-order valence-corrected chi connectivity index (χ2v) is 6.95. The lowest BCUT2D eigenvalue weighted by Gasteiger charge is -2.16. The van der Waals surface area contributed by atoms with Gasteiger partial charge < -0.3 is 20.4 Å². The molecule has 0 bridgehead atoms. The van der Waals surface area contributed by atoms with Gasteiger partial charge in [-0.1, -0.05) is 5.16 Å². The summed E-state index contributed by atoms with van der Waals surface area (Å²) in [6.07, 6.45) is 0.0968. The Labute approximate surface area is 123 Å². The molecule has 8 heteroatoms. The first-order chi connectivity index (χ1) is 9.95. The van der Waals surface area contributed by atoms with Gasteiger partial charge in [0.25, 0.3) is 0 Å². The molecule has 0 radical (unpaired) electrons. The van der Waals surface area contributed by atoms with Crippen LogP contribution >= 0.6 is 0 Å². The third-order valence-corrected chi connectivity index (χ3v) is 4.87. The molecule has 21 heavy (non-hydrogen) atoms. The van der Waals surface area contributed by atoms with Crippen LogP contribution in [0.15, 0.2) is 23.4 Å². The summed E-state index contributed by atoms with van der Waals surface area (Å²) < 4.78 is 34.1. The minimum absolute atomic E-state index is 0.0144. The minimum atomic E-state index is -3.00. The summed E-state index contributed by atoms with van der Waals surface area (Å²) in [7, 11) is -3.00. The van der Waals surface area contributed by atoms with Crippen molar-refractivity contribution in [2.75, 3.05) is 18.1 Å². The fourth-order valence-electron chi connectivity index (χ4n) is 2.12. The highest BCUT2D eigenvalue weighted by Gasteiger charge is 2.30. The zero-order valence-corrected chi connectivity index (χ0v) is 12.5. The number of hydrogen-bond acceptors (Lipinski definition) is 6. The van der Waals surface area contributed by atoms with E-state index in [0.717, 1.165) is 0 Å². The van der Waals surface area contributed by atoms with Crippen molar-refractivity contribution in [3.05, 3.63) is 23.8 Å². The monoisotopic (exact) mass is 314 g/mol. The first kappa shape index (κ1) is 15.4. The topological polar surface area (TPSA) is 111 Å². The molecule has 1 unspecified atom stereocenters. The summed E-state index contributed by atoms with van der Waals surface area (Å²) in [5, 5.41) is 11.6. The lowest BCUT2D eigenvalue weighted by Crippen LogP contribution is -2.19. The molecule has 0 aliphatic carbocycles. The molecule has 0 amide bonds. The summed E-state index contributed by atoms with van der Waals surface area (Å²) in [4.78, 5) is 0. The zero-order chi connectivity index (χ0) is 15.5. The van der Waals surface area contributed by atoms with Crippen LogP contribution in [0.5, 0.6) is 11.5 Å². The normalized spacial score (nSPS) is 21.2. The molecular weight excluding hydrogens is 296 g/mol. The standard InChI is InChI=1S/C13H18N2O5S/c1-2-19-12-7-9(13(14)15-16)3-4-11(12)20-10-5-6-21(17,18)8-10/h3-4,7,10,16H,2,5-6,8H2,1H3,(H2,14,15). The number of nitrogens with zero attached hydrogens (tertiary/aromatic N) is 1. The Morgan fingerprint density at radius 2 is 2.24 bits per heavy atom. The highest BCUT2D eigenvalue weighted by molar-refractivity contribution is 7.91. The van der Waals surface area contributed by atoms with Crippen LogP contribution in [0.25, 0.3) is 0 Å². The summed E-state index contributed by atoms with van der Waals surface area (Å²) in [6, 6.07) is 4.84. The van der Waals surface area contributed by atoms with Gasteiger partial charge in [-0.15, -0.1) is 0 Å². The van der Waals surface area contributed by atoms with E-state index in [0.29, 0.717) is 30.1 Å². The van der Waals surface area contributed by atoms with Gasteiger partial charge in [-0.2, -0.15) is 0 Å². The van der Waals surface area contributed by atoms with Crippen molar-refractivity contribution in [2.24, 2.45) is 10.9 Å². The molecule has 3 N–H and O–H groups in total. The first-order valence-electron chi connectivity index (χ1n) is 6.57. The smallest absolute Gasteiger partial charge is 0.170 e. The van der Waals surface area contributed by atoms with Crippen LogP contribution in [0, 0.1) is 0 Å². The van der Waals surface area contributed by atoms with Crippen molar-refractivity contribution >= 4 is 15.7 Å². The molecule has 1 atom stereocenters. The molecule has 1 fully saturated rings. The Balaban J connectivity index is 2.22. The number of rotatable bonds is 5. The van der Waals surface area contributed by atoms with Crippen LogP contribution in [-0.4, -0.2) is 43.7 Å². The molecule has 1 aliphatic rings. The van der Waals surface area contributed by atoms with E-state index in [1.54, 1.807) is 18.2 Å². The molecule has 1 aromatic rings. The van der Waals surface area contributed by atoms with E-state index in [9.17, 15) is 8.42 Å². The molecular formula is C13H18N2O5S. The van der Waals surface area contributed by atoms with Crippen molar-refractivity contribution in [3.8, 4) is 11.5 Å². The second kappa shape index (κ2) is 6.21. The molecule has 1 heterocycles. The minimum Gasteiger partial charge on any atom is -0.490 e. The van der Waals surface area contributed by atoms with Crippen molar-refractivity contribution in [2.45, 2.75) is 19.4 Å². The number of hydrogen-bond donors (Lipinski definition) is 2. The number of amidine groups is 1. The summed E-state index contributed by atoms with van der Waals surface area (Å²) in [6.45, 7) is 2.24. The second-order valence-electron chi connectivity index (χ2n) is 4.72. The summed E-state index contributed by atoms with van der Waals surface area (Å²) in [5.74, 6) is 1.01. The fourth-order valence-corrected chi connectivity index (χ4v) is 3.71. The largest absolute Gasteiger partial charge is 0.490 e. The third kappa shape index (κ3) is 3.78.